The fourth-order valence-electron chi connectivity index (χ4n) is 1.48. The van der Waals surface area contributed by atoms with Crippen molar-refractivity contribution in [2.75, 3.05) is 5.32 Å². The molecule has 1 heterocycles. The van der Waals surface area contributed by atoms with Gasteiger partial charge in [-0.15, -0.1) is 0 Å². The largest absolute Gasteiger partial charge is 0.444 e. The summed E-state index contributed by atoms with van der Waals surface area (Å²) in [7, 11) is 0. The van der Waals surface area contributed by atoms with Crippen LogP contribution in [-0.4, -0.2) is 12.5 Å². The highest BCUT2D eigenvalue weighted by molar-refractivity contribution is 9.10. The van der Waals surface area contributed by atoms with E-state index in [0.29, 0.717) is 4.67 Å². The maximum absolute atomic E-state index is 12.4. The molecule has 1 aromatic heterocycles. The highest BCUT2D eigenvalue weighted by Crippen LogP contribution is 2.37. The van der Waals surface area contributed by atoms with E-state index in [1.165, 1.54) is 24.3 Å². The zero-order chi connectivity index (χ0) is 15.6. The first kappa shape index (κ1) is 16.3. The molecule has 1 amide bonds. The number of hydrogen-bond acceptors (Lipinski definition) is 3. The summed E-state index contributed by atoms with van der Waals surface area (Å²) in [6.45, 7) is -3.05. The molecule has 0 unspecified atom stereocenters. The van der Waals surface area contributed by atoms with E-state index in [9.17, 15) is 13.6 Å². The Morgan fingerprint density at radius 2 is 2.05 bits per heavy atom. The van der Waals surface area contributed by atoms with E-state index in [2.05, 4.69) is 41.9 Å². The number of rotatable bonds is 4. The number of anilines is 1. The summed E-state index contributed by atoms with van der Waals surface area (Å²) < 4.78 is 34.9. The zero-order valence-electron chi connectivity index (χ0n) is 10.0. The molecular weight excluding hydrogens is 439 g/mol. The van der Waals surface area contributed by atoms with Crippen molar-refractivity contribution in [1.29, 1.82) is 0 Å². The van der Waals surface area contributed by atoms with Crippen LogP contribution >= 0.6 is 43.5 Å². The molecule has 0 aliphatic carbocycles. The van der Waals surface area contributed by atoms with Crippen molar-refractivity contribution in [3.63, 3.8) is 0 Å². The molecule has 0 bridgehead atoms. The maximum atomic E-state index is 12.4. The summed E-state index contributed by atoms with van der Waals surface area (Å²) in [5, 5.41) is 2.64. The van der Waals surface area contributed by atoms with Gasteiger partial charge >= 0.3 is 6.61 Å². The average Bonchev–Trinajstić information content (AvgIpc) is 2.80. The topological polar surface area (TPSA) is 51.5 Å². The fourth-order valence-corrected chi connectivity index (χ4v) is 2.69. The molecule has 0 spiro atoms. The number of ether oxygens (including phenoxy) is 1. The lowest BCUT2D eigenvalue weighted by atomic mass is 10.2. The van der Waals surface area contributed by atoms with Crippen molar-refractivity contribution in [2.45, 2.75) is 6.61 Å². The highest BCUT2D eigenvalue weighted by atomic mass is 79.9. The number of furan rings is 1. The Kier molecular flexibility index (Phi) is 5.23. The first-order chi connectivity index (χ1) is 9.86. The average molecular weight is 445 g/mol. The second-order valence-corrected chi connectivity index (χ2v) is 5.77. The van der Waals surface area contributed by atoms with Gasteiger partial charge in [0.1, 0.15) is 0 Å². The quantitative estimate of drug-likeness (QED) is 0.694. The molecule has 0 aliphatic heterocycles. The predicted octanol–water partition coefficient (Wildman–Crippen LogP) is 5.31. The Morgan fingerprint density at radius 3 is 2.62 bits per heavy atom. The number of hydrogen-bond donors (Lipinski definition) is 1. The highest BCUT2D eigenvalue weighted by Gasteiger charge is 2.18. The van der Waals surface area contributed by atoms with E-state index in [4.69, 9.17) is 16.0 Å². The number of alkyl halides is 2. The van der Waals surface area contributed by atoms with Gasteiger partial charge in [0.05, 0.1) is 10.2 Å². The van der Waals surface area contributed by atoms with Crippen molar-refractivity contribution in [3.05, 3.63) is 44.2 Å². The molecule has 4 nitrogen and oxygen atoms in total. The molecule has 0 aliphatic rings. The van der Waals surface area contributed by atoms with E-state index in [-0.39, 0.29) is 26.7 Å². The third-order valence-corrected chi connectivity index (χ3v) is 3.49. The van der Waals surface area contributed by atoms with Crippen molar-refractivity contribution in [2.24, 2.45) is 0 Å². The van der Waals surface area contributed by atoms with E-state index in [1.54, 1.807) is 0 Å². The van der Waals surface area contributed by atoms with Crippen molar-refractivity contribution in [1.82, 2.24) is 0 Å². The third-order valence-electron chi connectivity index (χ3n) is 2.26. The van der Waals surface area contributed by atoms with Crippen LogP contribution in [0.3, 0.4) is 0 Å². The Morgan fingerprint density at radius 1 is 1.33 bits per heavy atom. The Hall–Kier alpha value is -1.12. The Balaban J connectivity index is 2.32. The molecule has 9 heteroatoms. The van der Waals surface area contributed by atoms with Crippen LogP contribution in [0.25, 0.3) is 0 Å². The molecule has 0 fully saturated rings. The second kappa shape index (κ2) is 6.76. The summed E-state index contributed by atoms with van der Waals surface area (Å²) in [6, 6.07) is 5.62. The van der Waals surface area contributed by atoms with E-state index in [1.807, 2.05) is 0 Å². The number of halogens is 5. The molecular formula is C12H6Br2ClF2NO3. The molecule has 0 radical (unpaired) electrons. The molecule has 0 saturated heterocycles. The summed E-state index contributed by atoms with van der Waals surface area (Å²) in [6.07, 6.45) is 0. The van der Waals surface area contributed by atoms with E-state index < -0.39 is 12.5 Å². The van der Waals surface area contributed by atoms with Gasteiger partial charge in [-0.1, -0.05) is 11.6 Å². The Bertz CT molecular complexity index is 679. The molecule has 2 rings (SSSR count). The smallest absolute Gasteiger partial charge is 0.387 e. The molecule has 0 atom stereocenters. The molecule has 21 heavy (non-hydrogen) atoms. The Labute approximate surface area is 139 Å². The van der Waals surface area contributed by atoms with Crippen LogP contribution < -0.4 is 10.1 Å². The standard InChI is InChI=1S/C12H6Br2ClF2NO3/c13-6-3-5(15)4-7(10(6)21-12(16)17)18-11(19)8-1-2-9(14)20-8/h1-4,12H,(H,18,19). The van der Waals surface area contributed by atoms with Crippen LogP contribution in [0.1, 0.15) is 10.6 Å². The summed E-state index contributed by atoms with van der Waals surface area (Å²) in [4.78, 5) is 12.0. The van der Waals surface area contributed by atoms with E-state index in [0.717, 1.165) is 0 Å². The second-order valence-electron chi connectivity index (χ2n) is 3.70. The van der Waals surface area contributed by atoms with Crippen LogP contribution in [0.4, 0.5) is 14.5 Å². The molecule has 112 valence electrons. The third kappa shape index (κ3) is 4.18. The van der Waals surface area contributed by atoms with Crippen molar-refractivity contribution in [3.8, 4) is 5.75 Å². The molecule has 2 aromatic rings. The normalized spacial score (nSPS) is 10.8. The van der Waals surface area contributed by atoms with Gasteiger partial charge in [-0.3, -0.25) is 4.79 Å². The van der Waals surface area contributed by atoms with Gasteiger partial charge in [0.25, 0.3) is 5.91 Å². The van der Waals surface area contributed by atoms with Crippen LogP contribution in [0.15, 0.2) is 37.8 Å². The number of carbonyl (C=O) groups excluding carboxylic acids is 1. The van der Waals surface area contributed by atoms with Crippen LogP contribution in [0, 0.1) is 0 Å². The lowest BCUT2D eigenvalue weighted by molar-refractivity contribution is -0.0498. The zero-order valence-corrected chi connectivity index (χ0v) is 13.9. The van der Waals surface area contributed by atoms with Gasteiger partial charge in [-0.25, -0.2) is 0 Å². The minimum atomic E-state index is -3.05. The minimum Gasteiger partial charge on any atom is -0.444 e. The maximum Gasteiger partial charge on any atom is 0.387 e. The van der Waals surface area contributed by atoms with Crippen LogP contribution in [0.2, 0.25) is 5.02 Å². The van der Waals surface area contributed by atoms with Crippen LogP contribution in [0.5, 0.6) is 5.75 Å². The summed E-state index contributed by atoms with van der Waals surface area (Å²) >= 11 is 11.9. The van der Waals surface area contributed by atoms with Gasteiger partial charge in [-0.05, 0) is 56.1 Å². The van der Waals surface area contributed by atoms with E-state index >= 15 is 0 Å². The first-order valence-corrected chi connectivity index (χ1v) is 7.33. The summed E-state index contributed by atoms with van der Waals surface area (Å²) in [5.74, 6) is -0.858. The fraction of sp³-hybridized carbons (Fsp3) is 0.0833. The molecule has 1 aromatic carbocycles. The molecule has 0 saturated carbocycles. The number of amides is 1. The van der Waals surface area contributed by atoms with Gasteiger partial charge in [0.2, 0.25) is 0 Å². The monoisotopic (exact) mass is 443 g/mol. The SMILES string of the molecule is O=C(Nc1cc(Cl)cc(Br)c1OC(F)F)c1ccc(Br)o1. The minimum absolute atomic E-state index is 0.000898. The van der Waals surface area contributed by atoms with Gasteiger partial charge < -0.3 is 14.5 Å². The molecule has 1 N–H and O–H groups in total. The van der Waals surface area contributed by atoms with Crippen molar-refractivity contribution >= 4 is 55.1 Å². The van der Waals surface area contributed by atoms with Gasteiger partial charge in [0.15, 0.2) is 16.2 Å². The van der Waals surface area contributed by atoms with Gasteiger partial charge in [0, 0.05) is 5.02 Å². The first-order valence-electron chi connectivity index (χ1n) is 5.37. The van der Waals surface area contributed by atoms with Crippen LogP contribution in [-0.2, 0) is 0 Å². The predicted molar refractivity (Wildman–Crippen MR) is 80.1 cm³/mol. The number of nitrogens with one attached hydrogen (secondary N) is 1. The summed E-state index contributed by atoms with van der Waals surface area (Å²) in [5.41, 5.74) is -0.00722. The van der Waals surface area contributed by atoms with Crippen molar-refractivity contribution < 1.29 is 22.7 Å². The number of carbonyl (C=O) groups is 1. The lowest BCUT2D eigenvalue weighted by Gasteiger charge is -2.13. The number of benzene rings is 1. The van der Waals surface area contributed by atoms with Gasteiger partial charge in [-0.2, -0.15) is 8.78 Å². The lowest BCUT2D eigenvalue weighted by Crippen LogP contribution is -2.13.